The van der Waals surface area contributed by atoms with E-state index in [0.29, 0.717) is 0 Å². The Morgan fingerprint density at radius 1 is 1.14 bits per heavy atom. The molecule has 0 radical (unpaired) electrons. The summed E-state index contributed by atoms with van der Waals surface area (Å²) < 4.78 is 0. The summed E-state index contributed by atoms with van der Waals surface area (Å²) in [6, 6.07) is 5.49. The van der Waals surface area contributed by atoms with E-state index in [1.165, 1.54) is 6.92 Å². The minimum atomic E-state index is -1.19. The zero-order chi connectivity index (χ0) is 20.7. The first kappa shape index (κ1) is 20.9. The number of aromatic amines is 1. The lowest BCUT2D eigenvalue weighted by Crippen LogP contribution is -2.52. The molecule has 3 amide bonds. The van der Waals surface area contributed by atoms with Gasteiger partial charge in [-0.05, 0) is 18.6 Å². The number of H-pyrrole nitrogens is 1. The van der Waals surface area contributed by atoms with E-state index in [1.807, 2.05) is 24.3 Å². The van der Waals surface area contributed by atoms with E-state index in [0.717, 1.165) is 16.5 Å². The fraction of sp³-hybridized carbons (Fsp3) is 0.333. The third kappa shape index (κ3) is 5.55. The molecule has 2 unspecified atom stereocenters. The summed E-state index contributed by atoms with van der Waals surface area (Å²) >= 11 is 0. The van der Waals surface area contributed by atoms with Crippen LogP contribution in [0.5, 0.6) is 0 Å². The van der Waals surface area contributed by atoms with E-state index in [9.17, 15) is 19.2 Å². The number of nitrogens with two attached hydrogens (primary N) is 1. The van der Waals surface area contributed by atoms with Crippen molar-refractivity contribution in [3.8, 4) is 0 Å². The number of aromatic nitrogens is 1. The van der Waals surface area contributed by atoms with Gasteiger partial charge in [0.05, 0.1) is 13.1 Å². The average Bonchev–Trinajstić information content (AvgIpc) is 3.08. The molecular weight excluding hydrogens is 366 g/mol. The lowest BCUT2D eigenvalue weighted by atomic mass is 10.0. The number of nitrogens with one attached hydrogen (secondary N) is 4. The van der Waals surface area contributed by atoms with Crippen LogP contribution in [-0.4, -0.2) is 59.0 Å². The van der Waals surface area contributed by atoms with Gasteiger partial charge in [-0.25, -0.2) is 0 Å². The van der Waals surface area contributed by atoms with Crippen molar-refractivity contribution in [3.63, 3.8) is 0 Å². The second-order valence-electron chi connectivity index (χ2n) is 6.23. The highest BCUT2D eigenvalue weighted by Gasteiger charge is 2.23. The van der Waals surface area contributed by atoms with Crippen LogP contribution in [0.2, 0.25) is 0 Å². The number of aliphatic carboxylic acids is 1. The van der Waals surface area contributed by atoms with Gasteiger partial charge in [0.1, 0.15) is 12.1 Å². The maximum absolute atomic E-state index is 12.5. The van der Waals surface area contributed by atoms with Gasteiger partial charge in [0.15, 0.2) is 0 Å². The molecule has 0 aliphatic carbocycles. The lowest BCUT2D eigenvalue weighted by Gasteiger charge is -2.18. The third-order valence-electron chi connectivity index (χ3n) is 4.11. The summed E-state index contributed by atoms with van der Waals surface area (Å²) in [6.07, 6.45) is 1.94. The molecule has 0 saturated carbocycles. The Kier molecular flexibility index (Phi) is 7.10. The van der Waals surface area contributed by atoms with Crippen LogP contribution in [0.1, 0.15) is 12.5 Å². The molecule has 2 rings (SSSR count). The van der Waals surface area contributed by atoms with Crippen LogP contribution < -0.4 is 21.7 Å². The smallest absolute Gasteiger partial charge is 0.325 e. The Bertz CT molecular complexity index is 878. The molecule has 0 aliphatic rings. The van der Waals surface area contributed by atoms with Crippen LogP contribution in [0.3, 0.4) is 0 Å². The van der Waals surface area contributed by atoms with Crippen molar-refractivity contribution < 1.29 is 24.3 Å². The number of carbonyl (C=O) groups is 4. The molecule has 2 aromatic rings. The molecule has 0 bridgehead atoms. The molecule has 10 nitrogen and oxygen atoms in total. The van der Waals surface area contributed by atoms with Crippen LogP contribution in [-0.2, 0) is 25.6 Å². The second kappa shape index (κ2) is 9.51. The SMILES string of the molecule is CC(NC(=O)CNC(=O)C(Cc1c[nH]c2ccccc12)NC(=O)CN)C(=O)O. The van der Waals surface area contributed by atoms with Crippen molar-refractivity contribution in [1.29, 1.82) is 0 Å². The zero-order valence-electron chi connectivity index (χ0n) is 15.3. The molecule has 0 fully saturated rings. The first-order valence-corrected chi connectivity index (χ1v) is 8.66. The minimum absolute atomic E-state index is 0.189. The van der Waals surface area contributed by atoms with Crippen molar-refractivity contribution in [3.05, 3.63) is 36.0 Å². The van der Waals surface area contributed by atoms with Crippen molar-refractivity contribution in [2.24, 2.45) is 5.73 Å². The van der Waals surface area contributed by atoms with E-state index in [4.69, 9.17) is 10.8 Å². The summed E-state index contributed by atoms with van der Waals surface area (Å²) in [4.78, 5) is 49.8. The first-order chi connectivity index (χ1) is 13.3. The number of hydrogen-bond donors (Lipinski definition) is 6. The molecule has 28 heavy (non-hydrogen) atoms. The number of rotatable bonds is 9. The van der Waals surface area contributed by atoms with Crippen molar-refractivity contribution >= 4 is 34.6 Å². The summed E-state index contributed by atoms with van der Waals surface area (Å²) in [5.74, 6) is -2.93. The van der Waals surface area contributed by atoms with Crippen LogP contribution >= 0.6 is 0 Å². The van der Waals surface area contributed by atoms with Gasteiger partial charge in [0.25, 0.3) is 0 Å². The number of amides is 3. The zero-order valence-corrected chi connectivity index (χ0v) is 15.3. The van der Waals surface area contributed by atoms with Gasteiger partial charge in [0, 0.05) is 23.5 Å². The Hall–Kier alpha value is -3.40. The molecular formula is C18H23N5O5. The summed E-state index contributed by atoms with van der Waals surface area (Å²) in [6.45, 7) is 0.608. The molecule has 0 aliphatic heterocycles. The summed E-state index contributed by atoms with van der Waals surface area (Å²) in [7, 11) is 0. The molecule has 150 valence electrons. The van der Waals surface area contributed by atoms with Crippen LogP contribution in [0.25, 0.3) is 10.9 Å². The number of carboxylic acids is 1. The van der Waals surface area contributed by atoms with E-state index in [-0.39, 0.29) is 13.0 Å². The van der Waals surface area contributed by atoms with Crippen LogP contribution in [0.15, 0.2) is 30.5 Å². The van der Waals surface area contributed by atoms with Crippen LogP contribution in [0, 0.1) is 0 Å². The molecule has 2 atom stereocenters. The monoisotopic (exact) mass is 389 g/mol. The van der Waals surface area contributed by atoms with E-state index in [2.05, 4.69) is 20.9 Å². The van der Waals surface area contributed by atoms with E-state index >= 15 is 0 Å². The molecule has 1 heterocycles. The molecule has 0 spiro atoms. The van der Waals surface area contributed by atoms with E-state index < -0.39 is 42.3 Å². The fourth-order valence-electron chi connectivity index (χ4n) is 2.63. The topological polar surface area (TPSA) is 166 Å². The Morgan fingerprint density at radius 3 is 2.54 bits per heavy atom. The maximum atomic E-state index is 12.5. The quantitative estimate of drug-likeness (QED) is 0.317. The van der Waals surface area contributed by atoms with E-state index in [1.54, 1.807) is 6.20 Å². The van der Waals surface area contributed by atoms with Gasteiger partial charge in [-0.3, -0.25) is 19.2 Å². The number of para-hydroxylation sites is 1. The number of benzene rings is 1. The predicted octanol–water partition coefficient (Wildman–Crippen LogP) is -1.14. The summed E-state index contributed by atoms with van der Waals surface area (Å²) in [5.41, 5.74) is 7.03. The summed E-state index contributed by atoms with van der Waals surface area (Å²) in [5, 5.41) is 16.9. The first-order valence-electron chi connectivity index (χ1n) is 8.66. The van der Waals surface area contributed by atoms with Gasteiger partial charge >= 0.3 is 5.97 Å². The minimum Gasteiger partial charge on any atom is -0.480 e. The Labute approximate surface area is 160 Å². The third-order valence-corrected chi connectivity index (χ3v) is 4.11. The van der Waals surface area contributed by atoms with Crippen molar-refractivity contribution in [2.75, 3.05) is 13.1 Å². The number of carbonyl (C=O) groups excluding carboxylic acids is 3. The lowest BCUT2D eigenvalue weighted by molar-refractivity contribution is -0.141. The predicted molar refractivity (Wildman–Crippen MR) is 101 cm³/mol. The van der Waals surface area contributed by atoms with Gasteiger partial charge in [-0.1, -0.05) is 18.2 Å². The number of fused-ring (bicyclic) bond motifs is 1. The van der Waals surface area contributed by atoms with Crippen molar-refractivity contribution in [1.82, 2.24) is 20.9 Å². The standard InChI is InChI=1S/C18H23N5O5/c1-10(18(27)28)22-16(25)9-21-17(26)14(23-15(24)7-19)6-11-8-20-13-5-3-2-4-12(11)13/h2-5,8,10,14,20H,6-7,9,19H2,1H3,(H,21,26)(H,22,25)(H,23,24)(H,27,28). The van der Waals surface area contributed by atoms with Gasteiger partial charge in [0.2, 0.25) is 17.7 Å². The highest BCUT2D eigenvalue weighted by atomic mass is 16.4. The molecule has 1 aromatic heterocycles. The number of hydrogen-bond acceptors (Lipinski definition) is 5. The average molecular weight is 389 g/mol. The van der Waals surface area contributed by atoms with Gasteiger partial charge < -0.3 is 31.8 Å². The fourth-order valence-corrected chi connectivity index (χ4v) is 2.63. The number of carboxylic acid groups (broad SMARTS) is 1. The highest BCUT2D eigenvalue weighted by molar-refractivity contribution is 5.92. The maximum Gasteiger partial charge on any atom is 0.325 e. The van der Waals surface area contributed by atoms with Gasteiger partial charge in [-0.2, -0.15) is 0 Å². The molecule has 10 heteroatoms. The second-order valence-corrected chi connectivity index (χ2v) is 6.23. The Morgan fingerprint density at radius 2 is 1.86 bits per heavy atom. The highest BCUT2D eigenvalue weighted by Crippen LogP contribution is 2.19. The molecule has 7 N–H and O–H groups in total. The largest absolute Gasteiger partial charge is 0.480 e. The Balaban J connectivity index is 2.05. The van der Waals surface area contributed by atoms with Crippen molar-refractivity contribution in [2.45, 2.75) is 25.4 Å². The normalized spacial score (nSPS) is 12.8. The molecule has 0 saturated heterocycles. The molecule has 1 aromatic carbocycles. The van der Waals surface area contributed by atoms with Gasteiger partial charge in [-0.15, -0.1) is 0 Å². The van der Waals surface area contributed by atoms with Crippen LogP contribution in [0.4, 0.5) is 0 Å².